The number of amides is 1. The molecule has 1 heterocycles. The van der Waals surface area contributed by atoms with Crippen LogP contribution in [0.25, 0.3) is 0 Å². The van der Waals surface area contributed by atoms with E-state index in [0.29, 0.717) is 13.1 Å². The third-order valence-corrected chi connectivity index (χ3v) is 6.98. The first-order valence-electron chi connectivity index (χ1n) is 9.75. The Morgan fingerprint density at radius 1 is 0.967 bits per heavy atom. The van der Waals surface area contributed by atoms with E-state index in [0.717, 1.165) is 28.2 Å². The molecule has 0 spiro atoms. The number of piperazine rings is 1. The summed E-state index contributed by atoms with van der Waals surface area (Å²) < 4.78 is 54.4. The summed E-state index contributed by atoms with van der Waals surface area (Å²) in [4.78, 5) is 15.5. The van der Waals surface area contributed by atoms with Gasteiger partial charge in [-0.2, -0.15) is 4.31 Å². The molecule has 0 N–H and O–H groups in total. The van der Waals surface area contributed by atoms with Crippen LogP contribution in [0.5, 0.6) is 0 Å². The van der Waals surface area contributed by atoms with E-state index in [1.807, 2.05) is 49.1 Å². The lowest BCUT2D eigenvalue weighted by Crippen LogP contribution is -2.52. The third kappa shape index (κ3) is 4.69. The van der Waals surface area contributed by atoms with Crippen LogP contribution in [0.4, 0.5) is 14.5 Å². The van der Waals surface area contributed by atoms with E-state index in [4.69, 9.17) is 0 Å². The molecule has 0 saturated carbocycles. The van der Waals surface area contributed by atoms with Gasteiger partial charge in [0.1, 0.15) is 11.6 Å². The van der Waals surface area contributed by atoms with Crippen LogP contribution in [-0.4, -0.2) is 62.3 Å². The maximum absolute atomic E-state index is 14.0. The van der Waals surface area contributed by atoms with Crippen molar-refractivity contribution < 1.29 is 22.0 Å². The lowest BCUT2D eigenvalue weighted by molar-refractivity contribution is -0.120. The van der Waals surface area contributed by atoms with Crippen molar-refractivity contribution in [3.05, 3.63) is 60.2 Å². The Labute approximate surface area is 175 Å². The Bertz CT molecular complexity index is 972. The van der Waals surface area contributed by atoms with E-state index in [1.165, 1.54) is 0 Å². The Morgan fingerprint density at radius 2 is 1.53 bits per heavy atom. The van der Waals surface area contributed by atoms with Crippen molar-refractivity contribution in [2.24, 2.45) is 0 Å². The summed E-state index contributed by atoms with van der Waals surface area (Å²) in [5.74, 6) is -2.31. The van der Waals surface area contributed by atoms with E-state index in [2.05, 4.69) is 0 Å². The molecule has 1 saturated heterocycles. The number of carbonyl (C=O) groups is 1. The van der Waals surface area contributed by atoms with Crippen LogP contribution in [0.2, 0.25) is 0 Å². The molecule has 1 amide bonds. The minimum atomic E-state index is -4.29. The predicted molar refractivity (Wildman–Crippen MR) is 111 cm³/mol. The molecule has 9 heteroatoms. The van der Waals surface area contributed by atoms with Gasteiger partial charge in [0.05, 0.1) is 6.54 Å². The average Bonchev–Trinajstić information content (AvgIpc) is 2.68. The van der Waals surface area contributed by atoms with Crippen molar-refractivity contribution in [2.75, 3.05) is 37.6 Å². The molecule has 2 aromatic rings. The summed E-state index contributed by atoms with van der Waals surface area (Å²) in [5, 5.41) is 0. The van der Waals surface area contributed by atoms with Gasteiger partial charge in [-0.25, -0.2) is 17.2 Å². The molecule has 0 aliphatic carbocycles. The number of rotatable bonds is 6. The molecule has 6 nitrogen and oxygen atoms in total. The number of benzene rings is 2. The molecule has 1 aliphatic rings. The van der Waals surface area contributed by atoms with Crippen molar-refractivity contribution in [2.45, 2.75) is 24.8 Å². The van der Waals surface area contributed by atoms with Gasteiger partial charge in [-0.3, -0.25) is 9.69 Å². The standard InChI is InChI=1S/C21H25F2N3O3S/c1-16(2)26(17-7-4-3-5-8-17)20(27)15-24-11-13-25(14-12-24)30(28,29)21-18(22)9-6-10-19(21)23/h3-10,16H,11-15H2,1-2H3. The molecule has 30 heavy (non-hydrogen) atoms. The van der Waals surface area contributed by atoms with E-state index in [1.54, 1.807) is 4.90 Å². The van der Waals surface area contributed by atoms with Gasteiger partial charge in [0, 0.05) is 37.9 Å². The second kappa shape index (κ2) is 9.20. The smallest absolute Gasteiger partial charge is 0.249 e. The molecule has 3 rings (SSSR count). The Morgan fingerprint density at radius 3 is 2.07 bits per heavy atom. The highest BCUT2D eigenvalue weighted by Crippen LogP contribution is 2.24. The number of anilines is 1. The fraction of sp³-hybridized carbons (Fsp3) is 0.381. The number of sulfonamides is 1. The van der Waals surface area contributed by atoms with Crippen molar-refractivity contribution in [3.8, 4) is 0 Å². The minimum absolute atomic E-state index is 0.0365. The van der Waals surface area contributed by atoms with Crippen molar-refractivity contribution in [3.63, 3.8) is 0 Å². The number of hydrogen-bond acceptors (Lipinski definition) is 4. The molecule has 0 unspecified atom stereocenters. The van der Waals surface area contributed by atoms with Crippen molar-refractivity contribution in [1.29, 1.82) is 0 Å². The van der Waals surface area contributed by atoms with Gasteiger partial charge in [-0.1, -0.05) is 24.3 Å². The maximum atomic E-state index is 14.0. The lowest BCUT2D eigenvalue weighted by Gasteiger charge is -2.35. The highest BCUT2D eigenvalue weighted by Gasteiger charge is 2.34. The van der Waals surface area contributed by atoms with Crippen LogP contribution in [-0.2, 0) is 14.8 Å². The number of halogens is 2. The molecule has 2 aromatic carbocycles. The van der Waals surface area contributed by atoms with E-state index >= 15 is 0 Å². The zero-order chi connectivity index (χ0) is 21.9. The predicted octanol–water partition coefficient (Wildman–Crippen LogP) is 2.71. The van der Waals surface area contributed by atoms with Crippen LogP contribution in [0.3, 0.4) is 0 Å². The van der Waals surface area contributed by atoms with Crippen molar-refractivity contribution >= 4 is 21.6 Å². The SMILES string of the molecule is CC(C)N(C(=O)CN1CCN(S(=O)(=O)c2c(F)cccc2F)CC1)c1ccccc1. The zero-order valence-corrected chi connectivity index (χ0v) is 17.8. The molecule has 162 valence electrons. The van der Waals surface area contributed by atoms with Gasteiger partial charge >= 0.3 is 0 Å². The van der Waals surface area contributed by atoms with Gasteiger partial charge in [0.15, 0.2) is 4.90 Å². The highest BCUT2D eigenvalue weighted by molar-refractivity contribution is 7.89. The Kier molecular flexibility index (Phi) is 6.84. The summed E-state index contributed by atoms with van der Waals surface area (Å²) in [6.07, 6.45) is 0. The fourth-order valence-electron chi connectivity index (χ4n) is 3.57. The van der Waals surface area contributed by atoms with E-state index in [9.17, 15) is 22.0 Å². The molecule has 0 atom stereocenters. The maximum Gasteiger partial charge on any atom is 0.249 e. The van der Waals surface area contributed by atoms with Crippen molar-refractivity contribution in [1.82, 2.24) is 9.21 Å². The molecular weight excluding hydrogens is 412 g/mol. The second-order valence-corrected chi connectivity index (χ2v) is 9.30. The normalized spacial score (nSPS) is 16.0. The van der Waals surface area contributed by atoms with Gasteiger partial charge in [0.2, 0.25) is 15.9 Å². The lowest BCUT2D eigenvalue weighted by atomic mass is 10.2. The van der Waals surface area contributed by atoms with Gasteiger partial charge in [-0.05, 0) is 38.1 Å². The van der Waals surface area contributed by atoms with Crippen LogP contribution in [0, 0.1) is 11.6 Å². The van der Waals surface area contributed by atoms with Crippen LogP contribution >= 0.6 is 0 Å². The van der Waals surface area contributed by atoms with Crippen LogP contribution < -0.4 is 4.90 Å². The van der Waals surface area contributed by atoms with Gasteiger partial charge in [-0.15, -0.1) is 0 Å². The van der Waals surface area contributed by atoms with E-state index in [-0.39, 0.29) is 31.6 Å². The summed E-state index contributed by atoms with van der Waals surface area (Å²) in [5.41, 5.74) is 0.800. The number of nitrogens with zero attached hydrogens (tertiary/aromatic N) is 3. The molecule has 0 radical (unpaired) electrons. The third-order valence-electron chi connectivity index (χ3n) is 5.03. The molecular formula is C21H25F2N3O3S. The molecule has 1 fully saturated rings. The zero-order valence-electron chi connectivity index (χ0n) is 17.0. The number of para-hydroxylation sites is 1. The Hall–Kier alpha value is -2.36. The summed E-state index contributed by atoms with van der Waals surface area (Å²) in [6.45, 7) is 4.68. The fourth-order valence-corrected chi connectivity index (χ4v) is 5.10. The monoisotopic (exact) mass is 437 g/mol. The summed E-state index contributed by atoms with van der Waals surface area (Å²) in [7, 11) is -4.29. The molecule has 0 aromatic heterocycles. The summed E-state index contributed by atoms with van der Waals surface area (Å²) in [6, 6.07) is 12.3. The molecule has 0 bridgehead atoms. The quantitative estimate of drug-likeness (QED) is 0.697. The van der Waals surface area contributed by atoms with Gasteiger partial charge in [0.25, 0.3) is 0 Å². The topological polar surface area (TPSA) is 60.9 Å². The number of carbonyl (C=O) groups excluding carboxylic acids is 1. The first kappa shape index (κ1) is 22.3. The second-order valence-electron chi connectivity index (χ2n) is 7.42. The van der Waals surface area contributed by atoms with Crippen LogP contribution in [0.1, 0.15) is 13.8 Å². The first-order chi connectivity index (χ1) is 14.2. The average molecular weight is 438 g/mol. The largest absolute Gasteiger partial charge is 0.309 e. The summed E-state index contributed by atoms with van der Waals surface area (Å²) >= 11 is 0. The van der Waals surface area contributed by atoms with Gasteiger partial charge < -0.3 is 4.90 Å². The minimum Gasteiger partial charge on any atom is -0.309 e. The van der Waals surface area contributed by atoms with Crippen LogP contribution in [0.15, 0.2) is 53.4 Å². The first-order valence-corrected chi connectivity index (χ1v) is 11.2. The van der Waals surface area contributed by atoms with E-state index < -0.39 is 26.6 Å². The number of hydrogen-bond donors (Lipinski definition) is 0. The Balaban J connectivity index is 1.66. The highest BCUT2D eigenvalue weighted by atomic mass is 32.2. The molecule has 1 aliphatic heterocycles.